The zero-order valence-corrected chi connectivity index (χ0v) is 10.2. The highest BCUT2D eigenvalue weighted by atomic mass is 16.5. The van der Waals surface area contributed by atoms with Crippen molar-refractivity contribution in [3.8, 4) is 11.8 Å². The number of nitrogens with zero attached hydrogens (tertiary/aromatic N) is 2. The first kappa shape index (κ1) is 12.1. The van der Waals surface area contributed by atoms with Gasteiger partial charge in [0.2, 0.25) is 0 Å². The van der Waals surface area contributed by atoms with Crippen molar-refractivity contribution in [3.63, 3.8) is 0 Å². The molecule has 1 heterocycles. The van der Waals surface area contributed by atoms with Crippen LogP contribution in [-0.2, 0) is 6.42 Å². The average molecular weight is 238 g/mol. The van der Waals surface area contributed by atoms with Crippen LogP contribution in [0.4, 0.5) is 0 Å². The number of benzene rings is 1. The van der Waals surface area contributed by atoms with Gasteiger partial charge in [-0.25, -0.2) is 0 Å². The van der Waals surface area contributed by atoms with Gasteiger partial charge in [0.15, 0.2) is 0 Å². The Kier molecular flexibility index (Phi) is 3.93. The van der Waals surface area contributed by atoms with Gasteiger partial charge in [-0.15, -0.1) is 0 Å². The predicted octanol–water partition coefficient (Wildman–Crippen LogP) is 2.94. The molecule has 0 N–H and O–H groups in total. The van der Waals surface area contributed by atoms with E-state index in [1.54, 1.807) is 13.3 Å². The maximum absolute atomic E-state index is 9.29. The Morgan fingerprint density at radius 3 is 2.83 bits per heavy atom. The summed E-state index contributed by atoms with van der Waals surface area (Å²) in [5.74, 6) is 0.573. The third-order valence-electron chi connectivity index (χ3n) is 2.79. The van der Waals surface area contributed by atoms with Crippen molar-refractivity contribution in [1.82, 2.24) is 4.98 Å². The van der Waals surface area contributed by atoms with Gasteiger partial charge >= 0.3 is 0 Å². The molecule has 1 aromatic heterocycles. The Labute approximate surface area is 107 Å². The van der Waals surface area contributed by atoms with E-state index < -0.39 is 0 Å². The largest absolute Gasteiger partial charge is 0.497 e. The summed E-state index contributed by atoms with van der Waals surface area (Å²) < 4.78 is 5.17. The van der Waals surface area contributed by atoms with Crippen LogP contribution in [0.15, 0.2) is 48.7 Å². The molecule has 0 amide bonds. The highest BCUT2D eigenvalue weighted by Gasteiger charge is 2.12. The summed E-state index contributed by atoms with van der Waals surface area (Å²) >= 11 is 0. The lowest BCUT2D eigenvalue weighted by Crippen LogP contribution is -2.02. The lowest BCUT2D eigenvalue weighted by atomic mass is 9.95. The number of rotatable bonds is 4. The zero-order valence-electron chi connectivity index (χ0n) is 10.2. The van der Waals surface area contributed by atoms with Gasteiger partial charge in [-0.1, -0.05) is 18.2 Å². The number of pyridine rings is 1. The second-order valence-corrected chi connectivity index (χ2v) is 3.98. The molecule has 3 nitrogen and oxygen atoms in total. The standard InChI is InChI=1S/C15H14N2O/c1-18-15-7-4-5-12(10-15)13(11-16)9-14-6-2-3-8-17-14/h2-8,10,13H,9H2,1H3. The zero-order chi connectivity index (χ0) is 12.8. The fourth-order valence-electron chi connectivity index (χ4n) is 1.82. The van der Waals surface area contributed by atoms with E-state index in [0.717, 1.165) is 17.0 Å². The van der Waals surface area contributed by atoms with Crippen LogP contribution in [0.25, 0.3) is 0 Å². The molecule has 0 radical (unpaired) electrons. The number of ether oxygens (including phenoxy) is 1. The second-order valence-electron chi connectivity index (χ2n) is 3.98. The highest BCUT2D eigenvalue weighted by Crippen LogP contribution is 2.23. The Morgan fingerprint density at radius 1 is 1.28 bits per heavy atom. The molecular weight excluding hydrogens is 224 g/mol. The van der Waals surface area contributed by atoms with Crippen molar-refractivity contribution < 1.29 is 4.74 Å². The number of hydrogen-bond donors (Lipinski definition) is 0. The minimum absolute atomic E-state index is 0.199. The predicted molar refractivity (Wildman–Crippen MR) is 69.3 cm³/mol. The van der Waals surface area contributed by atoms with Crippen molar-refractivity contribution in [2.75, 3.05) is 7.11 Å². The first-order valence-corrected chi connectivity index (χ1v) is 5.77. The lowest BCUT2D eigenvalue weighted by Gasteiger charge is -2.10. The van der Waals surface area contributed by atoms with Gasteiger partial charge in [0.25, 0.3) is 0 Å². The molecule has 0 fully saturated rings. The molecule has 1 aromatic carbocycles. The third-order valence-corrected chi connectivity index (χ3v) is 2.79. The smallest absolute Gasteiger partial charge is 0.119 e. The first-order chi connectivity index (χ1) is 8.83. The first-order valence-electron chi connectivity index (χ1n) is 5.77. The molecule has 0 saturated heterocycles. The summed E-state index contributed by atoms with van der Waals surface area (Å²) in [6.07, 6.45) is 2.36. The van der Waals surface area contributed by atoms with E-state index in [1.165, 1.54) is 0 Å². The minimum Gasteiger partial charge on any atom is -0.497 e. The van der Waals surface area contributed by atoms with Crippen LogP contribution in [0, 0.1) is 11.3 Å². The molecule has 1 atom stereocenters. The third kappa shape index (κ3) is 2.86. The molecule has 18 heavy (non-hydrogen) atoms. The molecule has 0 spiro atoms. The summed E-state index contributed by atoms with van der Waals surface area (Å²) in [6, 6.07) is 15.7. The van der Waals surface area contributed by atoms with Crippen LogP contribution in [0.1, 0.15) is 17.2 Å². The van der Waals surface area contributed by atoms with Crippen molar-refractivity contribution in [2.45, 2.75) is 12.3 Å². The van der Waals surface area contributed by atoms with E-state index in [1.807, 2.05) is 42.5 Å². The molecule has 0 aliphatic rings. The Balaban J connectivity index is 2.21. The van der Waals surface area contributed by atoms with Gasteiger partial charge in [0.05, 0.1) is 19.1 Å². The number of methoxy groups -OCH3 is 1. The average Bonchev–Trinajstić information content (AvgIpc) is 2.46. The maximum Gasteiger partial charge on any atom is 0.119 e. The van der Waals surface area contributed by atoms with Crippen LogP contribution in [0.2, 0.25) is 0 Å². The van der Waals surface area contributed by atoms with E-state index in [4.69, 9.17) is 4.74 Å². The van der Waals surface area contributed by atoms with Gasteiger partial charge in [0.1, 0.15) is 5.75 Å². The van der Waals surface area contributed by atoms with Crippen molar-refractivity contribution >= 4 is 0 Å². The van der Waals surface area contributed by atoms with E-state index in [0.29, 0.717) is 6.42 Å². The molecule has 0 aliphatic carbocycles. The van der Waals surface area contributed by atoms with Crippen molar-refractivity contribution in [1.29, 1.82) is 5.26 Å². The molecule has 0 bridgehead atoms. The van der Waals surface area contributed by atoms with Crippen LogP contribution in [0.3, 0.4) is 0 Å². The summed E-state index contributed by atoms with van der Waals surface area (Å²) in [5.41, 5.74) is 1.88. The minimum atomic E-state index is -0.199. The molecule has 3 heteroatoms. The second kappa shape index (κ2) is 5.83. The van der Waals surface area contributed by atoms with E-state index in [9.17, 15) is 5.26 Å². The Morgan fingerprint density at radius 2 is 2.17 bits per heavy atom. The SMILES string of the molecule is COc1cccc(C(C#N)Cc2ccccn2)c1. The lowest BCUT2D eigenvalue weighted by molar-refractivity contribution is 0.414. The fraction of sp³-hybridized carbons (Fsp3) is 0.200. The normalized spacial score (nSPS) is 11.6. The Bertz CT molecular complexity index is 546. The van der Waals surface area contributed by atoms with E-state index in [-0.39, 0.29) is 5.92 Å². The quantitative estimate of drug-likeness (QED) is 0.822. The van der Waals surface area contributed by atoms with Crippen LogP contribution in [-0.4, -0.2) is 12.1 Å². The van der Waals surface area contributed by atoms with Crippen molar-refractivity contribution in [3.05, 3.63) is 59.9 Å². The molecule has 2 rings (SSSR count). The number of aromatic nitrogens is 1. The summed E-state index contributed by atoms with van der Waals surface area (Å²) in [4.78, 5) is 4.25. The molecule has 2 aromatic rings. The highest BCUT2D eigenvalue weighted by molar-refractivity contribution is 5.34. The molecule has 0 aliphatic heterocycles. The van der Waals surface area contributed by atoms with E-state index >= 15 is 0 Å². The Hall–Kier alpha value is -2.34. The van der Waals surface area contributed by atoms with Crippen LogP contribution < -0.4 is 4.74 Å². The fourth-order valence-corrected chi connectivity index (χ4v) is 1.82. The monoisotopic (exact) mass is 238 g/mol. The van der Waals surface area contributed by atoms with Gasteiger partial charge in [-0.2, -0.15) is 5.26 Å². The van der Waals surface area contributed by atoms with Crippen LogP contribution in [0.5, 0.6) is 5.75 Å². The molecular formula is C15H14N2O. The molecule has 90 valence electrons. The summed E-state index contributed by atoms with van der Waals surface area (Å²) in [5, 5.41) is 9.29. The van der Waals surface area contributed by atoms with Gasteiger partial charge < -0.3 is 4.74 Å². The number of hydrogen-bond acceptors (Lipinski definition) is 3. The topological polar surface area (TPSA) is 45.9 Å². The summed E-state index contributed by atoms with van der Waals surface area (Å²) in [7, 11) is 1.62. The van der Waals surface area contributed by atoms with Crippen molar-refractivity contribution in [2.24, 2.45) is 0 Å². The van der Waals surface area contributed by atoms with Gasteiger partial charge in [-0.3, -0.25) is 4.98 Å². The number of nitriles is 1. The van der Waals surface area contributed by atoms with E-state index in [2.05, 4.69) is 11.1 Å². The molecule has 1 unspecified atom stereocenters. The van der Waals surface area contributed by atoms with Gasteiger partial charge in [0, 0.05) is 18.3 Å². The van der Waals surface area contributed by atoms with Crippen LogP contribution >= 0.6 is 0 Å². The molecule has 0 saturated carbocycles. The van der Waals surface area contributed by atoms with Gasteiger partial charge in [-0.05, 0) is 29.8 Å². The maximum atomic E-state index is 9.29. The summed E-state index contributed by atoms with van der Waals surface area (Å²) in [6.45, 7) is 0.